The molecule has 1 aromatic rings. The van der Waals surface area contributed by atoms with Gasteiger partial charge in [0, 0.05) is 6.20 Å². The third-order valence-corrected chi connectivity index (χ3v) is 1.25. The number of aromatic nitrogens is 1. The Morgan fingerprint density at radius 3 is 2.55 bits per heavy atom. The van der Waals surface area contributed by atoms with Gasteiger partial charge in [0.05, 0.1) is 5.02 Å². The van der Waals surface area contributed by atoms with Crippen molar-refractivity contribution in [3.63, 3.8) is 0 Å². The normalized spacial score (nSPS) is 10.6. The second-order valence-electron chi connectivity index (χ2n) is 1.82. The molecule has 0 unspecified atom stereocenters. The zero-order valence-corrected chi connectivity index (χ0v) is 5.95. The lowest BCUT2D eigenvalue weighted by Gasteiger charge is -1.98. The molecule has 0 aliphatic carbocycles. The minimum Gasteiger partial charge on any atom is -0.251 e. The molecule has 0 saturated carbocycles. The van der Waals surface area contributed by atoms with Crippen LogP contribution in [0.5, 0.6) is 0 Å². The Bertz CT molecular complexity index is 264. The van der Waals surface area contributed by atoms with Crippen molar-refractivity contribution in [2.45, 2.75) is 6.43 Å². The molecule has 0 aliphatic rings. The average Bonchev–Trinajstić information content (AvgIpc) is 1.85. The Labute approximate surface area is 65.8 Å². The van der Waals surface area contributed by atoms with Gasteiger partial charge in [-0.15, -0.1) is 0 Å². The summed E-state index contributed by atoms with van der Waals surface area (Å²) in [6.45, 7) is 0. The van der Waals surface area contributed by atoms with Crippen molar-refractivity contribution in [3.8, 4) is 0 Å². The third-order valence-electron chi connectivity index (χ3n) is 1.04. The van der Waals surface area contributed by atoms with E-state index < -0.39 is 17.9 Å². The lowest BCUT2D eigenvalue weighted by Crippen LogP contribution is -1.94. The van der Waals surface area contributed by atoms with Gasteiger partial charge in [0.2, 0.25) is 0 Å². The van der Waals surface area contributed by atoms with Gasteiger partial charge in [0.1, 0.15) is 5.69 Å². The van der Waals surface area contributed by atoms with Crippen LogP contribution in [0.3, 0.4) is 0 Å². The molecule has 0 spiro atoms. The summed E-state index contributed by atoms with van der Waals surface area (Å²) in [5, 5.41) is 0.00639. The number of alkyl halides is 2. The van der Waals surface area contributed by atoms with Gasteiger partial charge in [-0.1, -0.05) is 11.6 Å². The zero-order valence-electron chi connectivity index (χ0n) is 5.19. The highest BCUT2D eigenvalue weighted by atomic mass is 35.5. The average molecular weight is 182 g/mol. The van der Waals surface area contributed by atoms with E-state index in [1.807, 2.05) is 0 Å². The minimum atomic E-state index is -2.90. The zero-order chi connectivity index (χ0) is 8.43. The van der Waals surface area contributed by atoms with Crippen LogP contribution in [0.25, 0.3) is 0 Å². The van der Waals surface area contributed by atoms with Gasteiger partial charge in [-0.05, 0) is 6.07 Å². The fourth-order valence-electron chi connectivity index (χ4n) is 0.586. The monoisotopic (exact) mass is 181 g/mol. The summed E-state index contributed by atoms with van der Waals surface area (Å²) >= 11 is 5.27. The summed E-state index contributed by atoms with van der Waals surface area (Å²) in [4.78, 5) is 3.12. The molecule has 0 amide bonds. The van der Waals surface area contributed by atoms with Crippen LogP contribution in [-0.2, 0) is 0 Å². The first-order valence-electron chi connectivity index (χ1n) is 2.70. The highest BCUT2D eigenvalue weighted by molar-refractivity contribution is 6.30. The molecule has 0 saturated heterocycles. The Hall–Kier alpha value is -0.770. The van der Waals surface area contributed by atoms with Crippen molar-refractivity contribution in [2.24, 2.45) is 0 Å². The summed E-state index contributed by atoms with van der Waals surface area (Å²) in [6, 6.07) is 0.802. The molecule has 0 fully saturated rings. The number of pyridine rings is 1. The molecular formula is C6H3ClF3N. The SMILES string of the molecule is Fc1cc(Cl)cnc1C(F)F. The van der Waals surface area contributed by atoms with E-state index in [1.165, 1.54) is 0 Å². The van der Waals surface area contributed by atoms with Crippen molar-refractivity contribution in [3.05, 3.63) is 28.8 Å². The molecule has 0 radical (unpaired) electrons. The van der Waals surface area contributed by atoms with Crippen LogP contribution in [0.4, 0.5) is 13.2 Å². The van der Waals surface area contributed by atoms with E-state index in [0.717, 1.165) is 12.3 Å². The topological polar surface area (TPSA) is 12.9 Å². The van der Waals surface area contributed by atoms with Gasteiger partial charge >= 0.3 is 0 Å². The van der Waals surface area contributed by atoms with E-state index in [-0.39, 0.29) is 5.02 Å². The van der Waals surface area contributed by atoms with Crippen molar-refractivity contribution in [2.75, 3.05) is 0 Å². The molecule has 1 rings (SSSR count). The van der Waals surface area contributed by atoms with Crippen molar-refractivity contribution >= 4 is 11.6 Å². The minimum absolute atomic E-state index is 0.00639. The number of rotatable bonds is 1. The van der Waals surface area contributed by atoms with Crippen LogP contribution >= 0.6 is 11.6 Å². The first-order valence-corrected chi connectivity index (χ1v) is 3.08. The second kappa shape index (κ2) is 3.09. The van der Waals surface area contributed by atoms with E-state index in [2.05, 4.69) is 4.98 Å². The number of hydrogen-bond donors (Lipinski definition) is 0. The van der Waals surface area contributed by atoms with Crippen LogP contribution in [0, 0.1) is 5.82 Å². The molecule has 0 bridgehead atoms. The van der Waals surface area contributed by atoms with Crippen LogP contribution in [0.2, 0.25) is 5.02 Å². The molecule has 0 atom stereocenters. The fourth-order valence-corrected chi connectivity index (χ4v) is 0.730. The van der Waals surface area contributed by atoms with Crippen molar-refractivity contribution < 1.29 is 13.2 Å². The van der Waals surface area contributed by atoms with Crippen molar-refractivity contribution in [1.29, 1.82) is 0 Å². The van der Waals surface area contributed by atoms with E-state index in [0.29, 0.717) is 0 Å². The quantitative estimate of drug-likeness (QED) is 0.649. The predicted molar refractivity (Wildman–Crippen MR) is 34.2 cm³/mol. The Balaban J connectivity index is 3.09. The first kappa shape index (κ1) is 8.33. The number of hydrogen-bond acceptors (Lipinski definition) is 1. The van der Waals surface area contributed by atoms with Gasteiger partial charge in [0.25, 0.3) is 6.43 Å². The second-order valence-corrected chi connectivity index (χ2v) is 2.26. The smallest absolute Gasteiger partial charge is 0.251 e. The van der Waals surface area contributed by atoms with Gasteiger partial charge < -0.3 is 0 Å². The maximum absolute atomic E-state index is 12.5. The molecule has 0 N–H and O–H groups in total. The van der Waals surface area contributed by atoms with Gasteiger partial charge in [-0.2, -0.15) is 0 Å². The largest absolute Gasteiger partial charge is 0.283 e. The summed E-state index contributed by atoms with van der Waals surface area (Å²) in [6.07, 6.45) is -1.92. The molecular weight excluding hydrogens is 179 g/mol. The molecule has 1 nitrogen and oxygen atoms in total. The standard InChI is InChI=1S/C6H3ClF3N/c7-3-1-4(8)5(6(9)10)11-2-3/h1-2,6H. The Morgan fingerprint density at radius 2 is 2.09 bits per heavy atom. The highest BCUT2D eigenvalue weighted by Crippen LogP contribution is 2.21. The van der Waals surface area contributed by atoms with Gasteiger partial charge in [-0.3, -0.25) is 4.98 Å². The summed E-state index contributed by atoms with van der Waals surface area (Å²) < 4.78 is 36.1. The Morgan fingerprint density at radius 1 is 1.45 bits per heavy atom. The Kier molecular flexibility index (Phi) is 2.34. The van der Waals surface area contributed by atoms with Gasteiger partial charge in [0.15, 0.2) is 5.82 Å². The molecule has 0 aromatic carbocycles. The van der Waals surface area contributed by atoms with Gasteiger partial charge in [-0.25, -0.2) is 13.2 Å². The van der Waals surface area contributed by atoms with Crippen LogP contribution in [0.15, 0.2) is 12.3 Å². The molecule has 11 heavy (non-hydrogen) atoms. The predicted octanol–water partition coefficient (Wildman–Crippen LogP) is 2.81. The number of nitrogens with zero attached hydrogens (tertiary/aromatic N) is 1. The van der Waals surface area contributed by atoms with Crippen molar-refractivity contribution in [1.82, 2.24) is 4.98 Å². The van der Waals surface area contributed by atoms with E-state index in [9.17, 15) is 13.2 Å². The van der Waals surface area contributed by atoms with E-state index in [4.69, 9.17) is 11.6 Å². The maximum atomic E-state index is 12.5. The molecule has 1 aromatic heterocycles. The molecule has 5 heteroatoms. The lowest BCUT2D eigenvalue weighted by atomic mass is 10.3. The van der Waals surface area contributed by atoms with Crippen LogP contribution in [0.1, 0.15) is 12.1 Å². The summed E-state index contributed by atoms with van der Waals surface area (Å²) in [5.41, 5.74) is -0.866. The first-order chi connectivity index (χ1) is 5.11. The third kappa shape index (κ3) is 1.83. The molecule has 1 heterocycles. The summed E-state index contributed by atoms with van der Waals surface area (Å²) in [7, 11) is 0. The fraction of sp³-hybridized carbons (Fsp3) is 0.167. The highest BCUT2D eigenvalue weighted by Gasteiger charge is 2.14. The van der Waals surface area contributed by atoms with E-state index in [1.54, 1.807) is 0 Å². The van der Waals surface area contributed by atoms with Crippen LogP contribution < -0.4 is 0 Å². The number of halogens is 4. The maximum Gasteiger partial charge on any atom is 0.283 e. The lowest BCUT2D eigenvalue weighted by molar-refractivity contribution is 0.140. The van der Waals surface area contributed by atoms with Crippen LogP contribution in [-0.4, -0.2) is 4.98 Å². The molecule has 60 valence electrons. The summed E-state index contributed by atoms with van der Waals surface area (Å²) in [5.74, 6) is -1.08. The molecule has 0 aliphatic heterocycles. The van der Waals surface area contributed by atoms with E-state index >= 15 is 0 Å².